The van der Waals surface area contributed by atoms with E-state index in [1.807, 2.05) is 30.3 Å². The zero-order chi connectivity index (χ0) is 25.3. The first-order chi connectivity index (χ1) is 17.6. The van der Waals surface area contributed by atoms with Gasteiger partial charge in [-0.3, -0.25) is 4.90 Å². The summed E-state index contributed by atoms with van der Waals surface area (Å²) in [6, 6.07) is 15.0. The first-order valence-electron chi connectivity index (χ1n) is 13.4. The van der Waals surface area contributed by atoms with Crippen molar-refractivity contribution >= 4 is 11.7 Å². The van der Waals surface area contributed by atoms with Crippen molar-refractivity contribution in [3.63, 3.8) is 0 Å². The Morgan fingerprint density at radius 1 is 1.03 bits per heavy atom. The number of ether oxygens (including phenoxy) is 1. The van der Waals surface area contributed by atoms with Gasteiger partial charge in [-0.15, -0.1) is 0 Å². The number of benzene rings is 2. The Bertz CT molecular complexity index is 973. The van der Waals surface area contributed by atoms with E-state index in [1.165, 1.54) is 19.3 Å². The summed E-state index contributed by atoms with van der Waals surface area (Å²) in [6.45, 7) is 4.61. The van der Waals surface area contributed by atoms with Crippen molar-refractivity contribution in [1.82, 2.24) is 15.5 Å². The minimum atomic E-state index is -0.183. The van der Waals surface area contributed by atoms with E-state index >= 15 is 4.39 Å². The van der Waals surface area contributed by atoms with E-state index in [0.717, 1.165) is 69.0 Å². The van der Waals surface area contributed by atoms with Gasteiger partial charge >= 0.3 is 6.03 Å². The van der Waals surface area contributed by atoms with Gasteiger partial charge in [-0.2, -0.15) is 0 Å². The number of hydrogen-bond donors (Lipinski definition) is 2. The minimum absolute atomic E-state index is 0.0705. The van der Waals surface area contributed by atoms with Crippen LogP contribution in [0, 0.1) is 11.7 Å². The van der Waals surface area contributed by atoms with Crippen LogP contribution in [0.3, 0.4) is 0 Å². The minimum Gasteiger partial charge on any atom is -0.495 e. The second kappa shape index (κ2) is 12.9. The summed E-state index contributed by atoms with van der Waals surface area (Å²) in [7, 11) is 3.36. The Morgan fingerprint density at radius 2 is 1.72 bits per heavy atom. The summed E-state index contributed by atoms with van der Waals surface area (Å²) in [4.78, 5) is 17.3. The number of piperazine rings is 1. The molecule has 2 aliphatic rings. The predicted molar refractivity (Wildman–Crippen MR) is 143 cm³/mol. The summed E-state index contributed by atoms with van der Waals surface area (Å²) < 4.78 is 20.7. The van der Waals surface area contributed by atoms with Crippen molar-refractivity contribution in [3.8, 4) is 5.75 Å². The van der Waals surface area contributed by atoms with Crippen molar-refractivity contribution in [2.75, 3.05) is 51.8 Å². The van der Waals surface area contributed by atoms with Crippen LogP contribution in [-0.4, -0.2) is 63.9 Å². The predicted octanol–water partition coefficient (Wildman–Crippen LogP) is 5.01. The number of urea groups is 1. The normalized spacial score (nSPS) is 18.9. The molecule has 6 nitrogen and oxygen atoms in total. The largest absolute Gasteiger partial charge is 0.495 e. The molecule has 2 amide bonds. The Morgan fingerprint density at radius 3 is 2.42 bits per heavy atom. The van der Waals surface area contributed by atoms with Crippen molar-refractivity contribution < 1.29 is 13.9 Å². The van der Waals surface area contributed by atoms with E-state index in [-0.39, 0.29) is 23.8 Å². The molecule has 1 saturated carbocycles. The second-order valence-electron chi connectivity index (χ2n) is 10.1. The SMILES string of the molecule is CNC(=O)N[C@@H](C1CCCCC1)[C@H](CCN1CCN(c2ccccc2OC)CC1)c1ccccc1F. The number of nitrogens with one attached hydrogen (secondary N) is 2. The van der Waals surface area contributed by atoms with Crippen LogP contribution in [-0.2, 0) is 0 Å². The number of hydrogen-bond acceptors (Lipinski definition) is 4. The molecule has 2 aromatic rings. The molecule has 0 spiro atoms. The molecule has 2 aromatic carbocycles. The number of methoxy groups -OCH3 is 1. The van der Waals surface area contributed by atoms with Crippen LogP contribution < -0.4 is 20.3 Å². The molecular weight excluding hydrogens is 455 g/mol. The molecule has 0 unspecified atom stereocenters. The van der Waals surface area contributed by atoms with E-state index in [9.17, 15) is 4.79 Å². The lowest BCUT2D eigenvalue weighted by Gasteiger charge is -2.39. The fourth-order valence-electron chi connectivity index (χ4n) is 5.99. The van der Waals surface area contributed by atoms with Gasteiger partial charge in [0.25, 0.3) is 0 Å². The molecule has 2 N–H and O–H groups in total. The van der Waals surface area contributed by atoms with Gasteiger partial charge < -0.3 is 20.3 Å². The lowest BCUT2D eigenvalue weighted by atomic mass is 9.75. The lowest BCUT2D eigenvalue weighted by Crippen LogP contribution is -2.50. The molecule has 1 aliphatic carbocycles. The van der Waals surface area contributed by atoms with Crippen LogP contribution in [0.25, 0.3) is 0 Å². The quantitative estimate of drug-likeness (QED) is 0.513. The van der Waals surface area contributed by atoms with Gasteiger partial charge in [0, 0.05) is 45.2 Å². The van der Waals surface area contributed by atoms with Gasteiger partial charge in [0.05, 0.1) is 12.8 Å². The van der Waals surface area contributed by atoms with Crippen LogP contribution in [0.4, 0.5) is 14.9 Å². The monoisotopic (exact) mass is 496 g/mol. The van der Waals surface area contributed by atoms with Gasteiger partial charge in [-0.05, 0) is 55.5 Å². The maximum Gasteiger partial charge on any atom is 0.314 e. The third kappa shape index (κ3) is 6.49. The number of rotatable bonds is 9. The fraction of sp³-hybridized carbons (Fsp3) is 0.552. The number of para-hydroxylation sites is 2. The maximum atomic E-state index is 15.1. The summed E-state index contributed by atoms with van der Waals surface area (Å²) in [5.74, 6) is 1.02. The standard InChI is InChI=1S/C29H41FN4O2/c1-31-29(35)32-28(22-10-4-3-5-11-22)24(23-12-6-7-13-25(23)30)16-17-33-18-20-34(21-19-33)26-14-8-9-15-27(26)36-2/h6-9,12-15,22,24,28H,3-5,10-11,16-21H2,1-2H3,(H2,31,32,35)/t24-,28+/m1/s1. The van der Waals surface area contributed by atoms with Crippen molar-refractivity contribution in [2.45, 2.75) is 50.5 Å². The summed E-state index contributed by atoms with van der Waals surface area (Å²) in [5, 5.41) is 5.95. The molecule has 0 radical (unpaired) electrons. The highest BCUT2D eigenvalue weighted by molar-refractivity contribution is 5.74. The number of carbonyl (C=O) groups is 1. The van der Waals surface area contributed by atoms with Crippen molar-refractivity contribution in [2.24, 2.45) is 5.92 Å². The van der Waals surface area contributed by atoms with Crippen LogP contribution in [0.5, 0.6) is 5.75 Å². The number of amides is 2. The molecule has 2 fully saturated rings. The average molecular weight is 497 g/mol. The first-order valence-corrected chi connectivity index (χ1v) is 13.4. The molecule has 1 aliphatic heterocycles. The highest BCUT2D eigenvalue weighted by atomic mass is 19.1. The molecular formula is C29H41FN4O2. The molecule has 196 valence electrons. The Kier molecular flexibility index (Phi) is 9.45. The topological polar surface area (TPSA) is 56.8 Å². The molecule has 1 heterocycles. The smallest absolute Gasteiger partial charge is 0.314 e. The van der Waals surface area contributed by atoms with Crippen LogP contribution >= 0.6 is 0 Å². The van der Waals surface area contributed by atoms with Crippen LogP contribution in [0.2, 0.25) is 0 Å². The average Bonchev–Trinajstić information content (AvgIpc) is 2.94. The number of halogens is 1. The summed E-state index contributed by atoms with van der Waals surface area (Å²) >= 11 is 0. The summed E-state index contributed by atoms with van der Waals surface area (Å²) in [5.41, 5.74) is 1.85. The van der Waals surface area contributed by atoms with E-state index in [1.54, 1.807) is 26.3 Å². The van der Waals surface area contributed by atoms with Gasteiger partial charge in [0.1, 0.15) is 11.6 Å². The molecule has 4 rings (SSSR count). The zero-order valence-electron chi connectivity index (χ0n) is 21.7. The molecule has 7 heteroatoms. The molecule has 0 bridgehead atoms. The Balaban J connectivity index is 1.47. The van der Waals surface area contributed by atoms with Crippen molar-refractivity contribution in [3.05, 3.63) is 59.9 Å². The van der Waals surface area contributed by atoms with Gasteiger partial charge in [-0.1, -0.05) is 49.6 Å². The van der Waals surface area contributed by atoms with E-state index in [0.29, 0.717) is 5.92 Å². The molecule has 2 atom stereocenters. The third-order valence-electron chi connectivity index (χ3n) is 7.98. The maximum absolute atomic E-state index is 15.1. The lowest BCUT2D eigenvalue weighted by molar-refractivity contribution is 0.194. The molecule has 0 aromatic heterocycles. The van der Waals surface area contributed by atoms with E-state index in [2.05, 4.69) is 26.5 Å². The van der Waals surface area contributed by atoms with Crippen molar-refractivity contribution in [1.29, 1.82) is 0 Å². The number of anilines is 1. The summed E-state index contributed by atoms with van der Waals surface area (Å²) in [6.07, 6.45) is 6.55. The molecule has 1 saturated heterocycles. The van der Waals surface area contributed by atoms with Gasteiger partial charge in [0.2, 0.25) is 0 Å². The van der Waals surface area contributed by atoms with Crippen LogP contribution in [0.15, 0.2) is 48.5 Å². The van der Waals surface area contributed by atoms with Gasteiger partial charge in [0.15, 0.2) is 0 Å². The highest BCUT2D eigenvalue weighted by Gasteiger charge is 2.34. The van der Waals surface area contributed by atoms with Crippen LogP contribution in [0.1, 0.15) is 50.0 Å². The molecule has 36 heavy (non-hydrogen) atoms. The third-order valence-corrected chi connectivity index (χ3v) is 7.98. The Hall–Kier alpha value is -2.80. The fourth-order valence-corrected chi connectivity index (χ4v) is 5.99. The zero-order valence-corrected chi connectivity index (χ0v) is 21.7. The van der Waals surface area contributed by atoms with E-state index < -0.39 is 0 Å². The first kappa shape index (κ1) is 26.3. The number of nitrogens with zero attached hydrogens (tertiary/aromatic N) is 2. The van der Waals surface area contributed by atoms with E-state index in [4.69, 9.17) is 4.74 Å². The second-order valence-corrected chi connectivity index (χ2v) is 10.1. The Labute approximate surface area is 215 Å². The van der Waals surface area contributed by atoms with Gasteiger partial charge in [-0.25, -0.2) is 9.18 Å². The number of carbonyl (C=O) groups excluding carboxylic acids is 1. The highest BCUT2D eigenvalue weighted by Crippen LogP contribution is 2.37.